The number of fused-ring (bicyclic) bond motifs is 1. The zero-order valence-electron chi connectivity index (χ0n) is 14.5. The van der Waals surface area contributed by atoms with E-state index in [-0.39, 0.29) is 11.9 Å². The fourth-order valence-electron chi connectivity index (χ4n) is 3.74. The first-order chi connectivity index (χ1) is 12.7. The average molecular weight is 413 g/mol. The Bertz CT molecular complexity index is 910. The van der Waals surface area contributed by atoms with Crippen molar-refractivity contribution in [3.05, 3.63) is 70.6 Å². The van der Waals surface area contributed by atoms with Crippen LogP contribution in [0.2, 0.25) is 0 Å². The normalized spacial score (nSPS) is 16.0. The molecule has 2 heterocycles. The van der Waals surface area contributed by atoms with Gasteiger partial charge in [-0.25, -0.2) is 0 Å². The van der Waals surface area contributed by atoms with Crippen molar-refractivity contribution in [3.63, 3.8) is 0 Å². The second-order valence-electron chi connectivity index (χ2n) is 6.64. The van der Waals surface area contributed by atoms with Gasteiger partial charge in [-0.05, 0) is 70.3 Å². The summed E-state index contributed by atoms with van der Waals surface area (Å²) in [5.41, 5.74) is 1.27. The molecule has 1 aliphatic heterocycles. The summed E-state index contributed by atoms with van der Waals surface area (Å²) in [7, 11) is 0. The van der Waals surface area contributed by atoms with E-state index in [4.69, 9.17) is 4.42 Å². The highest BCUT2D eigenvalue weighted by Gasteiger charge is 2.25. The Kier molecular flexibility index (Phi) is 5.09. The van der Waals surface area contributed by atoms with Gasteiger partial charge in [0, 0.05) is 6.54 Å². The van der Waals surface area contributed by atoms with E-state index in [2.05, 4.69) is 68.6 Å². The summed E-state index contributed by atoms with van der Waals surface area (Å²) in [6.07, 6.45) is 2.42. The van der Waals surface area contributed by atoms with Gasteiger partial charge in [0.25, 0.3) is 5.91 Å². The molecule has 26 heavy (non-hydrogen) atoms. The predicted octanol–water partition coefficient (Wildman–Crippen LogP) is 4.76. The Labute approximate surface area is 161 Å². The number of rotatable bonds is 5. The minimum atomic E-state index is -0.180. The number of halogens is 1. The Morgan fingerprint density at radius 1 is 1.08 bits per heavy atom. The molecule has 1 N–H and O–H groups in total. The molecule has 0 aliphatic carbocycles. The molecule has 0 unspecified atom stereocenters. The van der Waals surface area contributed by atoms with E-state index in [1.165, 1.54) is 29.2 Å². The highest BCUT2D eigenvalue weighted by Crippen LogP contribution is 2.30. The summed E-state index contributed by atoms with van der Waals surface area (Å²) in [5, 5.41) is 5.54. The Hall–Kier alpha value is -2.11. The van der Waals surface area contributed by atoms with Crippen LogP contribution in [0.3, 0.4) is 0 Å². The molecular formula is C21H21BrN2O2. The lowest BCUT2D eigenvalue weighted by Crippen LogP contribution is -2.36. The molecule has 1 aliphatic rings. The molecular weight excluding hydrogens is 392 g/mol. The van der Waals surface area contributed by atoms with Crippen LogP contribution in [0.5, 0.6) is 0 Å². The van der Waals surface area contributed by atoms with E-state index in [1.54, 1.807) is 12.1 Å². The molecule has 1 amide bonds. The zero-order chi connectivity index (χ0) is 17.9. The number of hydrogen-bond acceptors (Lipinski definition) is 3. The number of benzene rings is 2. The first-order valence-corrected chi connectivity index (χ1v) is 9.77. The molecule has 4 rings (SSSR count). The molecule has 0 radical (unpaired) electrons. The molecule has 0 saturated carbocycles. The lowest BCUT2D eigenvalue weighted by molar-refractivity contribution is 0.0909. The number of likely N-dealkylation sites (tertiary alicyclic amines) is 1. The average Bonchev–Trinajstić information content (AvgIpc) is 3.34. The summed E-state index contributed by atoms with van der Waals surface area (Å²) in [6.45, 7) is 2.69. The number of furan rings is 1. The van der Waals surface area contributed by atoms with Gasteiger partial charge in [0.2, 0.25) is 0 Å². The minimum absolute atomic E-state index is 0.158. The van der Waals surface area contributed by atoms with Gasteiger partial charge < -0.3 is 9.73 Å². The standard InChI is InChI=1S/C21H21BrN2O2/c22-20-11-10-19(26-20)21(25)23-14-18(24-12-3-4-13-24)17-9-5-7-15-6-1-2-8-16(15)17/h1-2,5-11,18H,3-4,12-14H2,(H,23,25)/t18-/m1/s1. The van der Waals surface area contributed by atoms with Crippen molar-refractivity contribution in [3.8, 4) is 0 Å². The highest BCUT2D eigenvalue weighted by molar-refractivity contribution is 9.10. The lowest BCUT2D eigenvalue weighted by Gasteiger charge is -2.29. The maximum Gasteiger partial charge on any atom is 0.287 e. The topological polar surface area (TPSA) is 45.5 Å². The van der Waals surface area contributed by atoms with Crippen LogP contribution in [0, 0.1) is 0 Å². The van der Waals surface area contributed by atoms with Crippen LogP contribution in [-0.2, 0) is 0 Å². The van der Waals surface area contributed by atoms with Gasteiger partial charge >= 0.3 is 0 Å². The first kappa shape index (κ1) is 17.3. The fraction of sp³-hybridized carbons (Fsp3) is 0.286. The van der Waals surface area contributed by atoms with E-state index >= 15 is 0 Å². The van der Waals surface area contributed by atoms with Crippen LogP contribution in [0.25, 0.3) is 10.8 Å². The lowest BCUT2D eigenvalue weighted by atomic mass is 9.97. The first-order valence-electron chi connectivity index (χ1n) is 8.97. The van der Waals surface area contributed by atoms with E-state index < -0.39 is 0 Å². The summed E-state index contributed by atoms with van der Waals surface area (Å²) in [5.74, 6) is 0.148. The smallest absolute Gasteiger partial charge is 0.287 e. The van der Waals surface area contributed by atoms with E-state index in [0.717, 1.165) is 13.1 Å². The SMILES string of the molecule is O=C(NC[C@H](c1cccc2ccccc12)N1CCCC1)c1ccc(Br)o1. The fourth-order valence-corrected chi connectivity index (χ4v) is 4.05. The van der Waals surface area contributed by atoms with Gasteiger partial charge in [-0.15, -0.1) is 0 Å². The second kappa shape index (κ2) is 7.64. The summed E-state index contributed by atoms with van der Waals surface area (Å²) in [6, 6.07) is 18.4. The molecule has 3 aromatic rings. The van der Waals surface area contributed by atoms with Crippen LogP contribution in [0.1, 0.15) is 35.0 Å². The molecule has 2 aromatic carbocycles. The maximum atomic E-state index is 12.4. The third-order valence-corrected chi connectivity index (χ3v) is 5.44. The van der Waals surface area contributed by atoms with Gasteiger partial charge in [0.05, 0.1) is 6.04 Å². The number of carbonyl (C=O) groups is 1. The third-order valence-electron chi connectivity index (χ3n) is 5.02. The van der Waals surface area contributed by atoms with Crippen molar-refractivity contribution in [2.75, 3.05) is 19.6 Å². The number of nitrogens with zero attached hydrogens (tertiary/aromatic N) is 1. The monoisotopic (exact) mass is 412 g/mol. The second-order valence-corrected chi connectivity index (χ2v) is 7.42. The molecule has 134 valence electrons. The largest absolute Gasteiger partial charge is 0.444 e. The van der Waals surface area contributed by atoms with Crippen LogP contribution < -0.4 is 5.32 Å². The number of amides is 1. The highest BCUT2D eigenvalue weighted by atomic mass is 79.9. The Balaban J connectivity index is 1.61. The quantitative estimate of drug-likeness (QED) is 0.656. The van der Waals surface area contributed by atoms with Gasteiger partial charge in [-0.1, -0.05) is 42.5 Å². The maximum absolute atomic E-state index is 12.4. The Morgan fingerprint density at radius 2 is 1.85 bits per heavy atom. The van der Waals surface area contributed by atoms with Crippen LogP contribution in [0.4, 0.5) is 0 Å². The van der Waals surface area contributed by atoms with Gasteiger partial charge in [0.1, 0.15) is 0 Å². The third kappa shape index (κ3) is 3.55. The Morgan fingerprint density at radius 3 is 2.62 bits per heavy atom. The molecule has 0 bridgehead atoms. The van der Waals surface area contributed by atoms with Crippen LogP contribution >= 0.6 is 15.9 Å². The summed E-state index contributed by atoms with van der Waals surface area (Å²) in [4.78, 5) is 14.9. The van der Waals surface area contributed by atoms with E-state index in [9.17, 15) is 4.79 Å². The molecule has 5 heteroatoms. The van der Waals surface area contributed by atoms with Crippen molar-refractivity contribution in [1.82, 2.24) is 10.2 Å². The van der Waals surface area contributed by atoms with Crippen molar-refractivity contribution < 1.29 is 9.21 Å². The van der Waals surface area contributed by atoms with Crippen molar-refractivity contribution >= 4 is 32.6 Å². The summed E-state index contributed by atoms with van der Waals surface area (Å²) < 4.78 is 5.93. The van der Waals surface area contributed by atoms with Gasteiger partial charge in [-0.2, -0.15) is 0 Å². The molecule has 1 atom stereocenters. The molecule has 1 fully saturated rings. The van der Waals surface area contributed by atoms with E-state index in [0.29, 0.717) is 17.0 Å². The van der Waals surface area contributed by atoms with Gasteiger partial charge in [0.15, 0.2) is 10.4 Å². The number of hydrogen-bond donors (Lipinski definition) is 1. The molecule has 0 spiro atoms. The zero-order valence-corrected chi connectivity index (χ0v) is 16.0. The molecule has 1 aromatic heterocycles. The predicted molar refractivity (Wildman–Crippen MR) is 106 cm³/mol. The van der Waals surface area contributed by atoms with Gasteiger partial charge in [-0.3, -0.25) is 9.69 Å². The molecule has 1 saturated heterocycles. The van der Waals surface area contributed by atoms with Crippen molar-refractivity contribution in [1.29, 1.82) is 0 Å². The number of carbonyl (C=O) groups excluding carboxylic acids is 1. The number of nitrogens with one attached hydrogen (secondary N) is 1. The minimum Gasteiger partial charge on any atom is -0.444 e. The van der Waals surface area contributed by atoms with Crippen LogP contribution in [0.15, 0.2) is 63.7 Å². The summed E-state index contributed by atoms with van der Waals surface area (Å²) >= 11 is 3.24. The molecule has 4 nitrogen and oxygen atoms in total. The van der Waals surface area contributed by atoms with Crippen molar-refractivity contribution in [2.45, 2.75) is 18.9 Å². The van der Waals surface area contributed by atoms with Crippen LogP contribution in [-0.4, -0.2) is 30.4 Å². The van der Waals surface area contributed by atoms with Crippen molar-refractivity contribution in [2.24, 2.45) is 0 Å². The van der Waals surface area contributed by atoms with E-state index in [1.807, 2.05) is 0 Å².